The van der Waals surface area contributed by atoms with Crippen molar-refractivity contribution in [1.29, 1.82) is 0 Å². The van der Waals surface area contributed by atoms with Crippen molar-refractivity contribution < 1.29 is 0 Å². The highest BCUT2D eigenvalue weighted by Crippen LogP contribution is 2.09. The minimum atomic E-state index is 0. The van der Waals surface area contributed by atoms with Gasteiger partial charge >= 0.3 is 0 Å². The van der Waals surface area contributed by atoms with E-state index in [1.165, 1.54) is 5.01 Å². The molecular formula is C14H23IN6S. The molecule has 0 aliphatic heterocycles. The number of aliphatic imine (C=N–C) groups is 1. The van der Waals surface area contributed by atoms with Crippen LogP contribution in [0.3, 0.4) is 0 Å². The van der Waals surface area contributed by atoms with Gasteiger partial charge in [0.05, 0.1) is 17.2 Å². The largest absolute Gasteiger partial charge is 0.356 e. The third-order valence-corrected chi connectivity index (χ3v) is 4.02. The van der Waals surface area contributed by atoms with Crippen molar-refractivity contribution in [3.05, 3.63) is 34.5 Å². The van der Waals surface area contributed by atoms with Gasteiger partial charge in [-0.15, -0.1) is 35.3 Å². The van der Waals surface area contributed by atoms with Gasteiger partial charge < -0.3 is 10.6 Å². The Morgan fingerprint density at radius 2 is 2.27 bits per heavy atom. The first-order valence-electron chi connectivity index (χ1n) is 7.17. The molecular weight excluding hydrogens is 411 g/mol. The molecule has 0 fully saturated rings. The van der Waals surface area contributed by atoms with Gasteiger partial charge in [-0.25, -0.2) is 4.98 Å². The predicted molar refractivity (Wildman–Crippen MR) is 102 cm³/mol. The number of halogens is 1. The lowest BCUT2D eigenvalue weighted by molar-refractivity contribution is 0.570. The number of nitrogens with zero attached hydrogens (tertiary/aromatic N) is 4. The second-order valence-electron chi connectivity index (χ2n) is 4.56. The number of hydrogen-bond acceptors (Lipinski definition) is 4. The molecule has 6 nitrogen and oxygen atoms in total. The summed E-state index contributed by atoms with van der Waals surface area (Å²) in [7, 11) is 1.78. The fraction of sp³-hybridized carbons (Fsp3) is 0.500. The fourth-order valence-electron chi connectivity index (χ4n) is 1.87. The number of aromatic nitrogens is 3. The molecule has 2 heterocycles. The maximum atomic E-state index is 4.53. The summed E-state index contributed by atoms with van der Waals surface area (Å²) in [6.07, 6.45) is 5.76. The van der Waals surface area contributed by atoms with Crippen LogP contribution < -0.4 is 10.6 Å². The minimum absolute atomic E-state index is 0. The molecule has 2 N–H and O–H groups in total. The molecule has 22 heavy (non-hydrogen) atoms. The van der Waals surface area contributed by atoms with Crippen LogP contribution in [0.1, 0.15) is 24.0 Å². The van der Waals surface area contributed by atoms with Crippen LogP contribution in [0.2, 0.25) is 0 Å². The second kappa shape index (κ2) is 10.5. The van der Waals surface area contributed by atoms with Crippen LogP contribution in [0, 0.1) is 0 Å². The highest BCUT2D eigenvalue weighted by atomic mass is 127. The van der Waals surface area contributed by atoms with E-state index < -0.39 is 0 Å². The topological polar surface area (TPSA) is 67.1 Å². The molecule has 2 aromatic rings. The van der Waals surface area contributed by atoms with Crippen molar-refractivity contribution in [2.24, 2.45) is 4.99 Å². The first-order chi connectivity index (χ1) is 10.3. The van der Waals surface area contributed by atoms with Gasteiger partial charge in [0.15, 0.2) is 5.96 Å². The van der Waals surface area contributed by atoms with Crippen LogP contribution >= 0.6 is 35.3 Å². The van der Waals surface area contributed by atoms with E-state index in [1.54, 1.807) is 24.6 Å². The van der Waals surface area contributed by atoms with Crippen molar-refractivity contribution in [2.75, 3.05) is 13.6 Å². The van der Waals surface area contributed by atoms with Gasteiger partial charge in [0.2, 0.25) is 0 Å². The lowest BCUT2D eigenvalue weighted by Gasteiger charge is -2.10. The zero-order valence-electron chi connectivity index (χ0n) is 13.0. The van der Waals surface area contributed by atoms with Crippen LogP contribution in [0.5, 0.6) is 0 Å². The van der Waals surface area contributed by atoms with Gasteiger partial charge in [0, 0.05) is 37.9 Å². The SMILES string of the molecule is CCc1nc(CNC(=NC)NCCCn2cccn2)cs1.I. The summed E-state index contributed by atoms with van der Waals surface area (Å²) in [6, 6.07) is 1.94. The second-order valence-corrected chi connectivity index (χ2v) is 5.50. The Morgan fingerprint density at radius 1 is 1.41 bits per heavy atom. The van der Waals surface area contributed by atoms with Crippen molar-refractivity contribution in [1.82, 2.24) is 25.4 Å². The van der Waals surface area contributed by atoms with Crippen molar-refractivity contribution in [2.45, 2.75) is 32.9 Å². The summed E-state index contributed by atoms with van der Waals surface area (Å²) in [5.41, 5.74) is 1.07. The number of aryl methyl sites for hydroxylation is 2. The Balaban J connectivity index is 0.00000242. The van der Waals surface area contributed by atoms with Crippen LogP contribution in [-0.4, -0.2) is 34.3 Å². The van der Waals surface area contributed by atoms with Crippen molar-refractivity contribution >= 4 is 41.3 Å². The zero-order valence-corrected chi connectivity index (χ0v) is 16.1. The van der Waals surface area contributed by atoms with E-state index in [2.05, 4.69) is 38.0 Å². The van der Waals surface area contributed by atoms with Gasteiger partial charge in [-0.3, -0.25) is 9.67 Å². The molecule has 0 aromatic carbocycles. The highest BCUT2D eigenvalue weighted by Gasteiger charge is 2.02. The average molecular weight is 434 g/mol. The molecule has 0 saturated carbocycles. The van der Waals surface area contributed by atoms with Crippen molar-refractivity contribution in [3.8, 4) is 0 Å². The van der Waals surface area contributed by atoms with E-state index in [1.807, 2.05) is 16.9 Å². The van der Waals surface area contributed by atoms with E-state index in [0.29, 0.717) is 6.54 Å². The molecule has 122 valence electrons. The zero-order chi connectivity index (χ0) is 14.9. The summed E-state index contributed by atoms with van der Waals surface area (Å²) in [5.74, 6) is 0.807. The maximum absolute atomic E-state index is 4.53. The van der Waals surface area contributed by atoms with Gasteiger partial charge in [-0.05, 0) is 18.9 Å². The summed E-state index contributed by atoms with van der Waals surface area (Å²) >= 11 is 1.71. The molecule has 0 radical (unpaired) electrons. The predicted octanol–water partition coefficient (Wildman–Crippen LogP) is 2.28. The third kappa shape index (κ3) is 6.30. The minimum Gasteiger partial charge on any atom is -0.356 e. The molecule has 0 atom stereocenters. The quantitative estimate of drug-likeness (QED) is 0.304. The summed E-state index contributed by atoms with van der Waals surface area (Å²) in [5, 5.41) is 14.0. The molecule has 0 unspecified atom stereocenters. The molecule has 2 aromatic heterocycles. The first-order valence-corrected chi connectivity index (χ1v) is 8.05. The van der Waals surface area contributed by atoms with Gasteiger partial charge in [-0.1, -0.05) is 6.92 Å². The van der Waals surface area contributed by atoms with Crippen LogP contribution in [0.4, 0.5) is 0 Å². The number of rotatable bonds is 7. The summed E-state index contributed by atoms with van der Waals surface area (Å²) < 4.78 is 1.93. The number of nitrogens with one attached hydrogen (secondary N) is 2. The molecule has 0 spiro atoms. The Morgan fingerprint density at radius 3 is 2.91 bits per heavy atom. The van der Waals surface area contributed by atoms with Crippen LogP contribution in [0.15, 0.2) is 28.8 Å². The Hall–Kier alpha value is -1.16. The summed E-state index contributed by atoms with van der Waals surface area (Å²) in [6.45, 7) is 4.59. The van der Waals surface area contributed by atoms with E-state index in [4.69, 9.17) is 0 Å². The number of thiazole rings is 1. The number of guanidine groups is 1. The maximum Gasteiger partial charge on any atom is 0.191 e. The Kier molecular flexibility index (Phi) is 9.05. The lowest BCUT2D eigenvalue weighted by Crippen LogP contribution is -2.37. The van der Waals surface area contributed by atoms with E-state index in [0.717, 1.165) is 37.6 Å². The van der Waals surface area contributed by atoms with Gasteiger partial charge in [0.25, 0.3) is 0 Å². The molecule has 8 heteroatoms. The van der Waals surface area contributed by atoms with Crippen molar-refractivity contribution in [3.63, 3.8) is 0 Å². The molecule has 0 aliphatic rings. The smallest absolute Gasteiger partial charge is 0.191 e. The summed E-state index contributed by atoms with van der Waals surface area (Å²) in [4.78, 5) is 8.74. The van der Waals surface area contributed by atoms with E-state index in [9.17, 15) is 0 Å². The van der Waals surface area contributed by atoms with E-state index in [-0.39, 0.29) is 24.0 Å². The standard InChI is InChI=1S/C14H22N6S.HI/c1-3-13-19-12(11-21-13)10-17-14(15-2)16-6-4-8-20-9-5-7-18-20;/h5,7,9,11H,3-4,6,8,10H2,1-2H3,(H2,15,16,17);1H. The molecule has 0 saturated heterocycles. The average Bonchev–Trinajstić information content (AvgIpc) is 3.17. The number of hydrogen-bond donors (Lipinski definition) is 2. The Labute approximate surface area is 152 Å². The van der Waals surface area contributed by atoms with Gasteiger partial charge in [0.1, 0.15) is 0 Å². The lowest BCUT2D eigenvalue weighted by atomic mass is 10.4. The molecule has 2 rings (SSSR count). The van der Waals surface area contributed by atoms with Crippen LogP contribution in [0.25, 0.3) is 0 Å². The van der Waals surface area contributed by atoms with Crippen LogP contribution in [-0.2, 0) is 19.5 Å². The Bertz CT molecular complexity index is 551. The first kappa shape index (κ1) is 18.9. The monoisotopic (exact) mass is 434 g/mol. The normalized spacial score (nSPS) is 11.1. The van der Waals surface area contributed by atoms with Gasteiger partial charge in [-0.2, -0.15) is 5.10 Å². The van der Waals surface area contributed by atoms with E-state index >= 15 is 0 Å². The molecule has 0 amide bonds. The highest BCUT2D eigenvalue weighted by molar-refractivity contribution is 14.0. The fourth-order valence-corrected chi connectivity index (χ4v) is 2.61. The molecule has 0 bridgehead atoms. The third-order valence-electron chi connectivity index (χ3n) is 2.98. The molecule has 0 aliphatic carbocycles.